The number of nitrogens with one attached hydrogen (secondary N) is 1. The number of hydrogen-bond donors (Lipinski definition) is 2. The predicted molar refractivity (Wildman–Crippen MR) is 124 cm³/mol. The molecule has 192 valence electrons. The van der Waals surface area contributed by atoms with Gasteiger partial charge in [-0.2, -0.15) is 0 Å². The van der Waals surface area contributed by atoms with Crippen molar-refractivity contribution in [1.29, 1.82) is 0 Å². The molecule has 0 saturated heterocycles. The number of aliphatic hydroxyl groups is 1. The summed E-state index contributed by atoms with van der Waals surface area (Å²) in [5.74, 6) is -1.25. The van der Waals surface area contributed by atoms with Crippen LogP contribution in [0.3, 0.4) is 0 Å². The Labute approximate surface area is 201 Å². The first-order valence-corrected chi connectivity index (χ1v) is 13.8. The Balaban J connectivity index is 1.98. The molecule has 0 aromatic heterocycles. The fourth-order valence-corrected chi connectivity index (χ4v) is 7.26. The molecular weight excluding hydrogens is 462 g/mol. The van der Waals surface area contributed by atoms with Crippen molar-refractivity contribution < 1.29 is 37.4 Å². The Morgan fingerprint density at radius 3 is 2.47 bits per heavy atom. The van der Waals surface area contributed by atoms with Crippen LogP contribution in [-0.2, 0) is 24.1 Å². The summed E-state index contributed by atoms with van der Waals surface area (Å²) >= 11 is 0. The molecule has 34 heavy (non-hydrogen) atoms. The van der Waals surface area contributed by atoms with Crippen molar-refractivity contribution in [3.8, 4) is 0 Å². The minimum atomic E-state index is -3.58. The zero-order valence-electron chi connectivity index (χ0n) is 20.6. The third-order valence-corrected chi connectivity index (χ3v) is 9.71. The molecule has 0 aromatic rings. The van der Waals surface area contributed by atoms with Crippen LogP contribution in [0.1, 0.15) is 59.8 Å². The topological polar surface area (TPSA) is 136 Å². The van der Waals surface area contributed by atoms with E-state index in [4.69, 9.17) is 4.74 Å². The summed E-state index contributed by atoms with van der Waals surface area (Å²) in [7, 11) is -3.58. The summed E-state index contributed by atoms with van der Waals surface area (Å²) in [5.41, 5.74) is -1.93. The van der Waals surface area contributed by atoms with Gasteiger partial charge in [0.05, 0.1) is 6.10 Å². The molecular formula is C24H37NO8S. The maximum absolute atomic E-state index is 13.3. The fraction of sp³-hybridized carbons (Fsp3) is 0.792. The number of ether oxygens (including phenoxy) is 2. The third kappa shape index (κ3) is 4.39. The van der Waals surface area contributed by atoms with Crippen molar-refractivity contribution in [2.45, 2.75) is 72.0 Å². The number of carbonyl (C=O) groups excluding carboxylic acids is 3. The van der Waals surface area contributed by atoms with Crippen LogP contribution in [0.2, 0.25) is 0 Å². The summed E-state index contributed by atoms with van der Waals surface area (Å²) in [5, 5.41) is 13.4. The van der Waals surface area contributed by atoms with Crippen LogP contribution in [0.15, 0.2) is 12.7 Å². The van der Waals surface area contributed by atoms with Crippen molar-refractivity contribution in [2.75, 3.05) is 12.2 Å². The van der Waals surface area contributed by atoms with Crippen molar-refractivity contribution >= 4 is 27.8 Å². The first-order chi connectivity index (χ1) is 15.6. The van der Waals surface area contributed by atoms with Gasteiger partial charge in [-0.25, -0.2) is 23.3 Å². The molecule has 2 bridgehead atoms. The molecule has 0 aromatic carbocycles. The Hall–Kier alpha value is -1.94. The minimum Gasteiger partial charge on any atom is -0.445 e. The van der Waals surface area contributed by atoms with Crippen LogP contribution in [0.5, 0.6) is 0 Å². The number of carbonyl (C=O) groups is 3. The van der Waals surface area contributed by atoms with Crippen molar-refractivity contribution in [3.63, 3.8) is 0 Å². The first-order valence-electron chi connectivity index (χ1n) is 11.8. The van der Waals surface area contributed by atoms with Crippen LogP contribution in [0, 0.1) is 34.0 Å². The quantitative estimate of drug-likeness (QED) is 0.563. The molecule has 0 heterocycles. The monoisotopic (exact) mass is 499 g/mol. The molecule has 8 atom stereocenters. The van der Waals surface area contributed by atoms with E-state index in [-0.39, 0.29) is 24.0 Å². The maximum atomic E-state index is 13.3. The number of aliphatic hydroxyl groups excluding tert-OH is 1. The van der Waals surface area contributed by atoms with E-state index < -0.39 is 62.3 Å². The molecule has 3 fully saturated rings. The Morgan fingerprint density at radius 2 is 1.88 bits per heavy atom. The first kappa shape index (κ1) is 26.7. The Morgan fingerprint density at radius 1 is 1.24 bits per heavy atom. The van der Waals surface area contributed by atoms with Gasteiger partial charge in [-0.3, -0.25) is 4.79 Å². The van der Waals surface area contributed by atoms with Gasteiger partial charge in [0.15, 0.2) is 15.8 Å². The molecule has 0 aliphatic heterocycles. The maximum Gasteiger partial charge on any atom is 0.417 e. The number of alkyl carbamates (subject to hydrolysis) is 2. The van der Waals surface area contributed by atoms with Crippen LogP contribution in [0.4, 0.5) is 9.59 Å². The molecule has 0 unspecified atom stereocenters. The Bertz CT molecular complexity index is 979. The van der Waals surface area contributed by atoms with Gasteiger partial charge in [-0.15, -0.1) is 6.58 Å². The fourth-order valence-electron chi connectivity index (χ4n) is 6.94. The summed E-state index contributed by atoms with van der Waals surface area (Å²) in [4.78, 5) is 38.0. The second-order valence-corrected chi connectivity index (χ2v) is 13.2. The van der Waals surface area contributed by atoms with E-state index in [1.165, 1.54) is 0 Å². The summed E-state index contributed by atoms with van der Waals surface area (Å²) in [6.45, 7) is 11.9. The van der Waals surface area contributed by atoms with E-state index in [9.17, 15) is 27.9 Å². The molecule has 9 nitrogen and oxygen atoms in total. The highest BCUT2D eigenvalue weighted by Crippen LogP contribution is 2.67. The third-order valence-electron chi connectivity index (χ3n) is 9.16. The second kappa shape index (κ2) is 8.93. The zero-order valence-corrected chi connectivity index (χ0v) is 21.4. The number of sulfone groups is 1. The average molecular weight is 500 g/mol. The Kier molecular flexibility index (Phi) is 7.00. The number of ketones is 1. The van der Waals surface area contributed by atoms with Crippen LogP contribution in [-0.4, -0.2) is 55.9 Å². The van der Waals surface area contributed by atoms with E-state index in [2.05, 4.69) is 18.2 Å². The van der Waals surface area contributed by atoms with Crippen molar-refractivity contribution in [2.24, 2.45) is 34.0 Å². The highest BCUT2D eigenvalue weighted by molar-refractivity contribution is 7.90. The SMILES string of the molecule is C=C[C@]1(C)C[C@@H](OC(=O)NC(=O)OCS(C)(=O)=O)[C@]2(C)[C@H](C)CC[C@]3(CCC(=O)[C@H]32)[C@@H](C)[C@@H]1O. The van der Waals surface area contributed by atoms with Gasteiger partial charge >= 0.3 is 12.2 Å². The van der Waals surface area contributed by atoms with Crippen molar-refractivity contribution in [3.05, 3.63) is 12.7 Å². The van der Waals surface area contributed by atoms with Crippen LogP contribution >= 0.6 is 0 Å². The van der Waals surface area contributed by atoms with Gasteiger partial charge in [0, 0.05) is 29.4 Å². The van der Waals surface area contributed by atoms with E-state index >= 15 is 0 Å². The average Bonchev–Trinajstić information content (AvgIpc) is 3.10. The van der Waals surface area contributed by atoms with E-state index in [1.54, 1.807) is 6.08 Å². The summed E-state index contributed by atoms with van der Waals surface area (Å²) < 4.78 is 32.8. The van der Waals surface area contributed by atoms with Gasteiger partial charge in [0.25, 0.3) is 0 Å². The molecule has 10 heteroatoms. The smallest absolute Gasteiger partial charge is 0.417 e. The van der Waals surface area contributed by atoms with Gasteiger partial charge in [-0.05, 0) is 42.9 Å². The molecule has 3 saturated carbocycles. The molecule has 3 aliphatic rings. The zero-order chi connectivity index (χ0) is 25.7. The lowest BCUT2D eigenvalue weighted by Crippen LogP contribution is -2.63. The highest BCUT2D eigenvalue weighted by Gasteiger charge is 2.68. The number of imide groups is 1. The molecule has 3 aliphatic carbocycles. The van der Waals surface area contributed by atoms with Gasteiger partial charge in [-0.1, -0.05) is 33.8 Å². The van der Waals surface area contributed by atoms with E-state index in [0.29, 0.717) is 12.8 Å². The molecule has 2 N–H and O–H groups in total. The van der Waals surface area contributed by atoms with E-state index in [1.807, 2.05) is 26.1 Å². The standard InChI is InChI=1S/C24H37NO8S/c1-7-22(4)12-17(33-21(29)25-20(28)32-13-34(6,30)31)23(5)14(2)8-10-24(15(3)19(22)27)11-9-16(26)18(23)24/h7,14-15,17-19,27H,1,8-13H2,2-6H3,(H,25,28,29)/t14-,15+,17-,18+,19+,22-,23+,24+/m1/s1. The lowest BCUT2D eigenvalue weighted by molar-refractivity contribution is -0.191. The van der Waals surface area contributed by atoms with Crippen LogP contribution < -0.4 is 5.32 Å². The molecule has 0 radical (unpaired) electrons. The predicted octanol–water partition coefficient (Wildman–Crippen LogP) is 3.21. The highest BCUT2D eigenvalue weighted by atomic mass is 32.2. The van der Waals surface area contributed by atoms with Gasteiger partial charge in [0.2, 0.25) is 0 Å². The largest absolute Gasteiger partial charge is 0.445 e. The second-order valence-electron chi connectivity index (χ2n) is 11.1. The summed E-state index contributed by atoms with van der Waals surface area (Å²) in [6, 6.07) is 0. The number of rotatable bonds is 4. The molecule has 3 rings (SSSR count). The number of Topliss-reactive ketones (excluding diaryl/α,β-unsaturated/α-hetero) is 1. The number of hydrogen-bond acceptors (Lipinski definition) is 8. The minimum absolute atomic E-state index is 0.0409. The summed E-state index contributed by atoms with van der Waals surface area (Å²) in [6.07, 6.45) is 1.59. The number of amides is 2. The lowest BCUT2D eigenvalue weighted by atomic mass is 9.44. The van der Waals surface area contributed by atoms with Crippen LogP contribution in [0.25, 0.3) is 0 Å². The molecule has 0 spiro atoms. The van der Waals surface area contributed by atoms with E-state index in [0.717, 1.165) is 19.1 Å². The molecule has 2 amide bonds. The lowest BCUT2D eigenvalue weighted by Gasteiger charge is -2.61. The van der Waals surface area contributed by atoms with Gasteiger partial charge < -0.3 is 14.6 Å². The van der Waals surface area contributed by atoms with Gasteiger partial charge in [0.1, 0.15) is 11.9 Å². The van der Waals surface area contributed by atoms with Crippen molar-refractivity contribution in [1.82, 2.24) is 5.32 Å². The normalized spacial score (nSPS) is 42.1.